The predicted molar refractivity (Wildman–Crippen MR) is 54.2 cm³/mol. The lowest BCUT2D eigenvalue weighted by atomic mass is 10.4. The van der Waals surface area contributed by atoms with E-state index in [9.17, 15) is 4.79 Å². The molecule has 0 unspecified atom stereocenters. The summed E-state index contributed by atoms with van der Waals surface area (Å²) < 4.78 is 0. The fraction of sp³-hybridized carbons (Fsp3) is 0.222. The molecule has 2 aromatic rings. The molecule has 0 aliphatic carbocycles. The normalized spacial score (nSPS) is 10.1. The van der Waals surface area contributed by atoms with Crippen LogP contribution in [0.25, 0.3) is 0 Å². The Morgan fingerprint density at radius 2 is 2.31 bits per heavy atom. The SMILES string of the molecule is CN(Cc1cnccn1)C(=O)c1ncn[nH]1. The van der Waals surface area contributed by atoms with Crippen molar-refractivity contribution in [3.05, 3.63) is 36.4 Å². The van der Waals surface area contributed by atoms with Crippen LogP contribution < -0.4 is 0 Å². The van der Waals surface area contributed by atoms with Gasteiger partial charge in [0.1, 0.15) is 6.33 Å². The highest BCUT2D eigenvalue weighted by Gasteiger charge is 2.14. The summed E-state index contributed by atoms with van der Waals surface area (Å²) in [5.74, 6) is -0.0189. The smallest absolute Gasteiger partial charge is 0.291 e. The number of rotatable bonds is 3. The van der Waals surface area contributed by atoms with Crippen molar-refractivity contribution in [2.24, 2.45) is 0 Å². The molecular formula is C9H10N6O. The largest absolute Gasteiger partial charge is 0.333 e. The number of hydrogen-bond donors (Lipinski definition) is 1. The maximum absolute atomic E-state index is 11.8. The average molecular weight is 218 g/mol. The van der Waals surface area contributed by atoms with Gasteiger partial charge >= 0.3 is 0 Å². The van der Waals surface area contributed by atoms with E-state index in [1.165, 1.54) is 11.2 Å². The van der Waals surface area contributed by atoms with Crippen LogP contribution in [0.5, 0.6) is 0 Å². The van der Waals surface area contributed by atoms with E-state index in [0.29, 0.717) is 6.54 Å². The van der Waals surface area contributed by atoms with Gasteiger partial charge in [0.25, 0.3) is 5.91 Å². The van der Waals surface area contributed by atoms with Gasteiger partial charge in [0, 0.05) is 19.4 Å². The summed E-state index contributed by atoms with van der Waals surface area (Å²) in [5.41, 5.74) is 0.720. The Morgan fingerprint density at radius 1 is 1.44 bits per heavy atom. The lowest BCUT2D eigenvalue weighted by Crippen LogP contribution is -2.27. The maximum Gasteiger partial charge on any atom is 0.291 e. The fourth-order valence-electron chi connectivity index (χ4n) is 1.22. The molecule has 0 saturated carbocycles. The Hall–Kier alpha value is -2.31. The maximum atomic E-state index is 11.8. The molecule has 0 fully saturated rings. The molecule has 0 atom stereocenters. The van der Waals surface area contributed by atoms with Gasteiger partial charge in [-0.25, -0.2) is 4.98 Å². The van der Waals surface area contributed by atoms with Crippen molar-refractivity contribution in [3.63, 3.8) is 0 Å². The molecule has 0 radical (unpaired) electrons. The van der Waals surface area contributed by atoms with E-state index in [4.69, 9.17) is 0 Å². The minimum absolute atomic E-state index is 0.214. The number of nitrogens with zero attached hydrogens (tertiary/aromatic N) is 5. The zero-order chi connectivity index (χ0) is 11.4. The Balaban J connectivity index is 2.04. The van der Waals surface area contributed by atoms with E-state index >= 15 is 0 Å². The third-order valence-corrected chi connectivity index (χ3v) is 1.98. The first-order chi connectivity index (χ1) is 7.77. The van der Waals surface area contributed by atoms with Gasteiger partial charge in [0.05, 0.1) is 18.4 Å². The van der Waals surface area contributed by atoms with Crippen LogP contribution in [0.15, 0.2) is 24.9 Å². The summed E-state index contributed by atoms with van der Waals surface area (Å²) in [6, 6.07) is 0. The van der Waals surface area contributed by atoms with Gasteiger partial charge in [0.15, 0.2) is 0 Å². The van der Waals surface area contributed by atoms with E-state index in [-0.39, 0.29) is 11.7 Å². The first kappa shape index (κ1) is 10.2. The summed E-state index contributed by atoms with van der Waals surface area (Å²) in [6.45, 7) is 0.382. The third kappa shape index (κ3) is 2.19. The average Bonchev–Trinajstić information content (AvgIpc) is 2.83. The second-order valence-electron chi connectivity index (χ2n) is 3.19. The Labute approximate surface area is 91.6 Å². The van der Waals surface area contributed by atoms with Crippen molar-refractivity contribution >= 4 is 5.91 Å². The summed E-state index contributed by atoms with van der Waals surface area (Å²) in [6.07, 6.45) is 6.08. The molecule has 7 heteroatoms. The number of amides is 1. The number of nitrogens with one attached hydrogen (secondary N) is 1. The van der Waals surface area contributed by atoms with Gasteiger partial charge in [0.2, 0.25) is 5.82 Å². The van der Waals surface area contributed by atoms with Crippen molar-refractivity contribution in [3.8, 4) is 0 Å². The molecule has 0 aromatic carbocycles. The van der Waals surface area contributed by atoms with Crippen LogP contribution in [0.4, 0.5) is 0 Å². The van der Waals surface area contributed by atoms with Crippen LogP contribution >= 0.6 is 0 Å². The molecule has 7 nitrogen and oxygen atoms in total. The molecule has 82 valence electrons. The van der Waals surface area contributed by atoms with Crippen LogP contribution in [0.1, 0.15) is 16.3 Å². The molecule has 2 rings (SSSR count). The minimum Gasteiger partial charge on any atom is -0.333 e. The van der Waals surface area contributed by atoms with Crippen molar-refractivity contribution in [1.29, 1.82) is 0 Å². The van der Waals surface area contributed by atoms with Crippen molar-refractivity contribution in [2.45, 2.75) is 6.54 Å². The van der Waals surface area contributed by atoms with Gasteiger partial charge < -0.3 is 4.90 Å². The van der Waals surface area contributed by atoms with Crippen LogP contribution in [-0.2, 0) is 6.54 Å². The first-order valence-electron chi connectivity index (χ1n) is 4.63. The molecule has 0 aliphatic rings. The highest BCUT2D eigenvalue weighted by molar-refractivity contribution is 5.89. The van der Waals surface area contributed by atoms with Gasteiger partial charge in [-0.3, -0.25) is 19.9 Å². The lowest BCUT2D eigenvalue weighted by molar-refractivity contribution is 0.0771. The summed E-state index contributed by atoms with van der Waals surface area (Å²) >= 11 is 0. The van der Waals surface area contributed by atoms with Gasteiger partial charge in [-0.1, -0.05) is 0 Å². The highest BCUT2D eigenvalue weighted by Crippen LogP contribution is 2.00. The van der Waals surface area contributed by atoms with Crippen LogP contribution in [0, 0.1) is 0 Å². The molecule has 0 saturated heterocycles. The molecular weight excluding hydrogens is 208 g/mol. The van der Waals surface area contributed by atoms with E-state index in [1.54, 1.807) is 25.6 Å². The Kier molecular flexibility index (Phi) is 2.86. The molecule has 2 heterocycles. The number of aromatic nitrogens is 5. The van der Waals surface area contributed by atoms with Crippen LogP contribution in [0.3, 0.4) is 0 Å². The topological polar surface area (TPSA) is 87.7 Å². The van der Waals surface area contributed by atoms with E-state index in [2.05, 4.69) is 25.1 Å². The van der Waals surface area contributed by atoms with Crippen LogP contribution in [0.2, 0.25) is 0 Å². The van der Waals surface area contributed by atoms with Crippen LogP contribution in [-0.4, -0.2) is 43.0 Å². The molecule has 2 aromatic heterocycles. The Morgan fingerprint density at radius 3 is 2.94 bits per heavy atom. The minimum atomic E-state index is -0.233. The van der Waals surface area contributed by atoms with Gasteiger partial charge in [-0.2, -0.15) is 5.10 Å². The van der Waals surface area contributed by atoms with E-state index in [1.807, 2.05) is 0 Å². The van der Waals surface area contributed by atoms with Crippen molar-refractivity contribution in [2.75, 3.05) is 7.05 Å². The zero-order valence-electron chi connectivity index (χ0n) is 8.66. The fourth-order valence-corrected chi connectivity index (χ4v) is 1.22. The van der Waals surface area contributed by atoms with Crippen molar-refractivity contribution in [1.82, 2.24) is 30.0 Å². The number of H-pyrrole nitrogens is 1. The van der Waals surface area contributed by atoms with Gasteiger partial charge in [-0.15, -0.1) is 0 Å². The number of carbonyl (C=O) groups excluding carboxylic acids is 1. The molecule has 0 aliphatic heterocycles. The monoisotopic (exact) mass is 218 g/mol. The van der Waals surface area contributed by atoms with Crippen molar-refractivity contribution < 1.29 is 4.79 Å². The molecule has 1 amide bonds. The number of carbonyl (C=O) groups is 1. The zero-order valence-corrected chi connectivity index (χ0v) is 8.66. The second kappa shape index (κ2) is 4.47. The number of aromatic amines is 1. The predicted octanol–water partition coefficient (Wildman–Crippen LogP) is -0.133. The molecule has 1 N–H and O–H groups in total. The third-order valence-electron chi connectivity index (χ3n) is 1.98. The summed E-state index contributed by atoms with van der Waals surface area (Å²) in [5, 5.41) is 6.14. The standard InChI is InChI=1S/C9H10N6O/c1-15(5-7-4-10-2-3-11-7)9(16)8-12-6-13-14-8/h2-4,6H,5H2,1H3,(H,12,13,14). The molecule has 0 spiro atoms. The Bertz CT molecular complexity index is 454. The molecule has 0 bridgehead atoms. The van der Waals surface area contributed by atoms with Gasteiger partial charge in [-0.05, 0) is 0 Å². The lowest BCUT2D eigenvalue weighted by Gasteiger charge is -2.14. The highest BCUT2D eigenvalue weighted by atomic mass is 16.2. The second-order valence-corrected chi connectivity index (χ2v) is 3.19. The van der Waals surface area contributed by atoms with E-state index < -0.39 is 0 Å². The quantitative estimate of drug-likeness (QED) is 0.775. The summed E-state index contributed by atoms with van der Waals surface area (Å²) in [4.78, 5) is 25.0. The summed E-state index contributed by atoms with van der Waals surface area (Å²) in [7, 11) is 1.67. The first-order valence-corrected chi connectivity index (χ1v) is 4.63. The van der Waals surface area contributed by atoms with E-state index in [0.717, 1.165) is 5.69 Å². The molecule has 16 heavy (non-hydrogen) atoms. The number of hydrogen-bond acceptors (Lipinski definition) is 5.